The molecule has 0 aliphatic carbocycles. The van der Waals surface area contributed by atoms with Crippen molar-refractivity contribution < 1.29 is 0 Å². The second kappa shape index (κ2) is 5.04. The molecule has 2 heterocycles. The van der Waals surface area contributed by atoms with Crippen molar-refractivity contribution in [1.82, 2.24) is 15.2 Å². The quantitative estimate of drug-likeness (QED) is 0.872. The van der Waals surface area contributed by atoms with Crippen molar-refractivity contribution in [3.05, 3.63) is 42.1 Å². The molecule has 18 heavy (non-hydrogen) atoms. The summed E-state index contributed by atoms with van der Waals surface area (Å²) in [6, 6.07) is 11.2. The molecule has 1 aliphatic rings. The predicted octanol–water partition coefficient (Wildman–Crippen LogP) is 2.03. The van der Waals surface area contributed by atoms with Crippen LogP contribution in [0.15, 0.2) is 36.5 Å². The summed E-state index contributed by atoms with van der Waals surface area (Å²) < 4.78 is 0. The number of nitrogens with zero attached hydrogens (tertiary/aromatic N) is 2. The molecule has 1 aliphatic heterocycles. The van der Waals surface area contributed by atoms with Crippen LogP contribution in [-0.4, -0.2) is 35.6 Å². The topological polar surface area (TPSA) is 28.2 Å². The molecule has 3 heteroatoms. The van der Waals surface area contributed by atoms with Gasteiger partial charge in [-0.3, -0.25) is 9.88 Å². The number of pyridine rings is 1. The van der Waals surface area contributed by atoms with Crippen LogP contribution >= 0.6 is 0 Å². The minimum absolute atomic E-state index is 0.602. The number of fused-ring (bicyclic) bond motifs is 1. The van der Waals surface area contributed by atoms with Crippen molar-refractivity contribution in [1.29, 1.82) is 0 Å². The molecule has 3 nitrogen and oxygen atoms in total. The minimum atomic E-state index is 0.602. The van der Waals surface area contributed by atoms with E-state index in [1.807, 2.05) is 12.3 Å². The Balaban J connectivity index is 1.81. The molecule has 1 saturated heterocycles. The van der Waals surface area contributed by atoms with Gasteiger partial charge in [-0.05, 0) is 24.6 Å². The van der Waals surface area contributed by atoms with Crippen LogP contribution in [0.3, 0.4) is 0 Å². The maximum atomic E-state index is 4.53. The first kappa shape index (κ1) is 11.6. The van der Waals surface area contributed by atoms with E-state index in [2.05, 4.69) is 46.4 Å². The zero-order valence-electron chi connectivity index (χ0n) is 10.8. The lowest BCUT2D eigenvalue weighted by Gasteiger charge is -2.33. The number of hydrogen-bond acceptors (Lipinski definition) is 3. The van der Waals surface area contributed by atoms with Gasteiger partial charge in [-0.25, -0.2) is 0 Å². The molecule has 1 aromatic carbocycles. The zero-order valence-corrected chi connectivity index (χ0v) is 10.8. The summed E-state index contributed by atoms with van der Waals surface area (Å²) in [5.41, 5.74) is 2.39. The highest BCUT2D eigenvalue weighted by molar-refractivity contribution is 5.78. The molecule has 1 N–H and O–H groups in total. The van der Waals surface area contributed by atoms with E-state index in [4.69, 9.17) is 0 Å². The number of nitrogens with one attached hydrogen (secondary N) is 1. The van der Waals surface area contributed by atoms with Crippen LogP contribution in [-0.2, 0) is 6.54 Å². The van der Waals surface area contributed by atoms with Crippen molar-refractivity contribution in [3.8, 4) is 0 Å². The Hall–Kier alpha value is -1.45. The van der Waals surface area contributed by atoms with Gasteiger partial charge in [0, 0.05) is 43.8 Å². The van der Waals surface area contributed by atoms with Gasteiger partial charge in [0.2, 0.25) is 0 Å². The number of piperazine rings is 1. The molecule has 94 valence electrons. The van der Waals surface area contributed by atoms with Crippen LogP contribution in [0.1, 0.15) is 12.5 Å². The van der Waals surface area contributed by atoms with Gasteiger partial charge in [0.25, 0.3) is 0 Å². The summed E-state index contributed by atoms with van der Waals surface area (Å²) >= 11 is 0. The minimum Gasteiger partial charge on any atom is -0.314 e. The summed E-state index contributed by atoms with van der Waals surface area (Å²) in [6.45, 7) is 6.57. The number of aromatic nitrogens is 1. The maximum Gasteiger partial charge on any atom is 0.0702 e. The number of hydrogen-bond donors (Lipinski definition) is 1. The van der Waals surface area contributed by atoms with Gasteiger partial charge in [-0.15, -0.1) is 0 Å². The van der Waals surface area contributed by atoms with E-state index in [1.165, 1.54) is 10.9 Å². The van der Waals surface area contributed by atoms with Crippen LogP contribution in [0, 0.1) is 0 Å². The zero-order chi connectivity index (χ0) is 12.4. The van der Waals surface area contributed by atoms with E-state index in [1.54, 1.807) is 0 Å². The Morgan fingerprint density at radius 1 is 1.39 bits per heavy atom. The van der Waals surface area contributed by atoms with E-state index >= 15 is 0 Å². The summed E-state index contributed by atoms with van der Waals surface area (Å²) in [7, 11) is 0. The van der Waals surface area contributed by atoms with Crippen LogP contribution in [0.4, 0.5) is 0 Å². The molecule has 1 aromatic heterocycles. The first-order chi connectivity index (χ1) is 8.83. The van der Waals surface area contributed by atoms with Gasteiger partial charge >= 0.3 is 0 Å². The fourth-order valence-corrected chi connectivity index (χ4v) is 2.56. The highest BCUT2D eigenvalue weighted by Crippen LogP contribution is 2.15. The largest absolute Gasteiger partial charge is 0.314 e. The summed E-state index contributed by atoms with van der Waals surface area (Å²) in [5, 5.41) is 4.66. The molecule has 0 saturated carbocycles. The molecule has 1 unspecified atom stereocenters. The smallest absolute Gasteiger partial charge is 0.0702 e. The maximum absolute atomic E-state index is 4.53. The van der Waals surface area contributed by atoms with Crippen LogP contribution < -0.4 is 5.32 Å². The number of rotatable bonds is 2. The lowest BCUT2D eigenvalue weighted by atomic mass is 10.1. The molecule has 0 radical (unpaired) electrons. The molecular weight excluding hydrogens is 222 g/mol. The van der Waals surface area contributed by atoms with Crippen molar-refractivity contribution in [3.63, 3.8) is 0 Å². The Kier molecular flexibility index (Phi) is 3.26. The third-order valence-corrected chi connectivity index (χ3v) is 3.67. The molecule has 2 aromatic rings. The van der Waals surface area contributed by atoms with Crippen molar-refractivity contribution >= 4 is 10.9 Å². The molecular formula is C15H19N3. The first-order valence-electron chi connectivity index (χ1n) is 6.61. The molecule has 3 rings (SSSR count). The number of benzene rings is 1. The molecule has 0 bridgehead atoms. The molecule has 0 amide bonds. The second-order valence-corrected chi connectivity index (χ2v) is 5.06. The van der Waals surface area contributed by atoms with Gasteiger partial charge in [0.05, 0.1) is 5.52 Å². The summed E-state index contributed by atoms with van der Waals surface area (Å²) in [4.78, 5) is 7.05. The SMILES string of the molecule is CC1CNCCN1Cc1cnc2ccccc2c1. The summed E-state index contributed by atoms with van der Waals surface area (Å²) in [5.74, 6) is 0. The Labute approximate surface area is 108 Å². The van der Waals surface area contributed by atoms with E-state index in [0.29, 0.717) is 6.04 Å². The lowest BCUT2D eigenvalue weighted by Crippen LogP contribution is -2.49. The van der Waals surface area contributed by atoms with E-state index in [-0.39, 0.29) is 0 Å². The fraction of sp³-hybridized carbons (Fsp3) is 0.400. The standard InChI is InChI=1S/C15H19N3/c1-12-9-16-6-7-18(12)11-13-8-14-4-2-3-5-15(14)17-10-13/h2-5,8,10,12,16H,6-7,9,11H2,1H3. The van der Waals surface area contributed by atoms with Gasteiger partial charge < -0.3 is 5.32 Å². The van der Waals surface area contributed by atoms with E-state index in [9.17, 15) is 0 Å². The Morgan fingerprint density at radius 2 is 2.28 bits per heavy atom. The van der Waals surface area contributed by atoms with Crippen molar-refractivity contribution in [2.75, 3.05) is 19.6 Å². The second-order valence-electron chi connectivity index (χ2n) is 5.06. The van der Waals surface area contributed by atoms with Gasteiger partial charge in [0.1, 0.15) is 0 Å². The lowest BCUT2D eigenvalue weighted by molar-refractivity contribution is 0.165. The van der Waals surface area contributed by atoms with Crippen LogP contribution in [0.25, 0.3) is 10.9 Å². The molecule has 1 atom stereocenters. The average Bonchev–Trinajstić information content (AvgIpc) is 2.41. The third kappa shape index (κ3) is 2.37. The van der Waals surface area contributed by atoms with E-state index in [0.717, 1.165) is 31.7 Å². The fourth-order valence-electron chi connectivity index (χ4n) is 2.56. The third-order valence-electron chi connectivity index (χ3n) is 3.67. The highest BCUT2D eigenvalue weighted by atomic mass is 15.2. The van der Waals surface area contributed by atoms with Crippen molar-refractivity contribution in [2.24, 2.45) is 0 Å². The van der Waals surface area contributed by atoms with Crippen LogP contribution in [0.5, 0.6) is 0 Å². The Bertz CT molecular complexity index is 538. The van der Waals surface area contributed by atoms with Gasteiger partial charge in [0.15, 0.2) is 0 Å². The molecule has 1 fully saturated rings. The summed E-state index contributed by atoms with van der Waals surface area (Å²) in [6.07, 6.45) is 2.01. The Morgan fingerprint density at radius 3 is 3.17 bits per heavy atom. The van der Waals surface area contributed by atoms with Crippen molar-refractivity contribution in [2.45, 2.75) is 19.5 Å². The highest BCUT2D eigenvalue weighted by Gasteiger charge is 2.17. The monoisotopic (exact) mass is 241 g/mol. The predicted molar refractivity (Wildman–Crippen MR) is 74.5 cm³/mol. The number of para-hydroxylation sites is 1. The van der Waals surface area contributed by atoms with Gasteiger partial charge in [-0.2, -0.15) is 0 Å². The van der Waals surface area contributed by atoms with Gasteiger partial charge in [-0.1, -0.05) is 18.2 Å². The molecule has 0 spiro atoms. The normalized spacial score (nSPS) is 21.3. The average molecular weight is 241 g/mol. The van der Waals surface area contributed by atoms with Crippen LogP contribution in [0.2, 0.25) is 0 Å². The first-order valence-corrected chi connectivity index (χ1v) is 6.61. The van der Waals surface area contributed by atoms with E-state index < -0.39 is 0 Å².